The average molecular weight is 267 g/mol. The van der Waals surface area contributed by atoms with Gasteiger partial charge in [0, 0.05) is 12.1 Å². The van der Waals surface area contributed by atoms with Gasteiger partial charge in [-0.2, -0.15) is 0 Å². The zero-order valence-electron chi connectivity index (χ0n) is 11.0. The number of amides is 3. The third-order valence-corrected chi connectivity index (χ3v) is 3.49. The molecule has 0 aromatic heterocycles. The summed E-state index contributed by atoms with van der Waals surface area (Å²) in [5.74, 6) is -0.230. The van der Waals surface area contributed by atoms with E-state index in [-0.39, 0.29) is 11.8 Å². The first-order valence-corrected chi connectivity index (χ1v) is 6.83. The zero-order valence-corrected chi connectivity index (χ0v) is 11.0. The van der Waals surface area contributed by atoms with Crippen LogP contribution >= 0.6 is 0 Å². The van der Waals surface area contributed by atoms with Crippen LogP contribution in [0, 0.1) is 5.92 Å². The number of hydrogen-bond acceptors (Lipinski definition) is 4. The van der Waals surface area contributed by atoms with Crippen molar-refractivity contribution in [1.82, 2.24) is 16.0 Å². The fourth-order valence-corrected chi connectivity index (χ4v) is 2.28. The Balaban J connectivity index is 1.72. The molecule has 6 nitrogen and oxygen atoms in total. The lowest BCUT2D eigenvalue weighted by Gasteiger charge is -2.21. The highest BCUT2D eigenvalue weighted by Crippen LogP contribution is 2.12. The molecule has 2 saturated heterocycles. The van der Waals surface area contributed by atoms with Gasteiger partial charge in [-0.25, -0.2) is 4.79 Å². The quantitative estimate of drug-likeness (QED) is 0.681. The van der Waals surface area contributed by atoms with Crippen molar-refractivity contribution < 1.29 is 14.3 Å². The SMILES string of the molecule is O=C(NC=C1CCOCC1)NC(=O)C1CCNCC1. The highest BCUT2D eigenvalue weighted by Gasteiger charge is 2.22. The Morgan fingerprint density at radius 3 is 2.58 bits per heavy atom. The Morgan fingerprint density at radius 1 is 1.21 bits per heavy atom. The van der Waals surface area contributed by atoms with E-state index in [1.165, 1.54) is 0 Å². The molecule has 2 fully saturated rings. The minimum Gasteiger partial charge on any atom is -0.381 e. The Labute approximate surface area is 113 Å². The third-order valence-electron chi connectivity index (χ3n) is 3.49. The first-order chi connectivity index (χ1) is 9.25. The van der Waals surface area contributed by atoms with Gasteiger partial charge in [0.05, 0.1) is 13.2 Å². The molecule has 2 heterocycles. The fourth-order valence-electron chi connectivity index (χ4n) is 2.28. The van der Waals surface area contributed by atoms with E-state index < -0.39 is 6.03 Å². The van der Waals surface area contributed by atoms with E-state index in [2.05, 4.69) is 16.0 Å². The predicted molar refractivity (Wildman–Crippen MR) is 70.4 cm³/mol. The largest absolute Gasteiger partial charge is 0.381 e. The van der Waals surface area contributed by atoms with Crippen molar-refractivity contribution >= 4 is 11.9 Å². The molecule has 0 bridgehead atoms. The second-order valence-electron chi connectivity index (χ2n) is 4.90. The minimum atomic E-state index is -0.442. The Morgan fingerprint density at radius 2 is 1.89 bits per heavy atom. The summed E-state index contributed by atoms with van der Waals surface area (Å²) in [4.78, 5) is 23.4. The maximum atomic E-state index is 11.8. The van der Waals surface area contributed by atoms with Crippen LogP contribution in [-0.4, -0.2) is 38.2 Å². The van der Waals surface area contributed by atoms with Crippen LogP contribution in [0.5, 0.6) is 0 Å². The fraction of sp³-hybridized carbons (Fsp3) is 0.692. The van der Waals surface area contributed by atoms with E-state index in [1.807, 2.05) is 0 Å². The zero-order chi connectivity index (χ0) is 13.5. The number of carbonyl (C=O) groups excluding carboxylic acids is 2. The smallest absolute Gasteiger partial charge is 0.325 e. The summed E-state index contributed by atoms with van der Waals surface area (Å²) in [5.41, 5.74) is 1.15. The normalized spacial score (nSPS) is 20.7. The van der Waals surface area contributed by atoms with Gasteiger partial charge in [-0.3, -0.25) is 10.1 Å². The van der Waals surface area contributed by atoms with E-state index >= 15 is 0 Å². The van der Waals surface area contributed by atoms with Crippen LogP contribution in [0.4, 0.5) is 4.79 Å². The molecule has 0 atom stereocenters. The number of urea groups is 1. The van der Waals surface area contributed by atoms with Gasteiger partial charge in [-0.1, -0.05) is 0 Å². The second-order valence-corrected chi connectivity index (χ2v) is 4.90. The number of nitrogens with one attached hydrogen (secondary N) is 3. The minimum absolute atomic E-state index is 0.0530. The molecule has 2 aliphatic rings. The van der Waals surface area contributed by atoms with Crippen LogP contribution in [0.25, 0.3) is 0 Å². The van der Waals surface area contributed by atoms with Gasteiger partial charge < -0.3 is 15.4 Å². The van der Waals surface area contributed by atoms with Crippen molar-refractivity contribution in [3.05, 3.63) is 11.8 Å². The van der Waals surface area contributed by atoms with Gasteiger partial charge in [0.1, 0.15) is 0 Å². The molecule has 0 aromatic carbocycles. The predicted octanol–water partition coefficient (Wildman–Crippen LogP) is 0.506. The average Bonchev–Trinajstić information content (AvgIpc) is 2.47. The van der Waals surface area contributed by atoms with E-state index in [1.54, 1.807) is 6.20 Å². The molecule has 3 N–H and O–H groups in total. The van der Waals surface area contributed by atoms with Crippen molar-refractivity contribution in [1.29, 1.82) is 0 Å². The summed E-state index contributed by atoms with van der Waals surface area (Å²) in [6, 6.07) is -0.442. The number of rotatable bonds is 2. The molecule has 3 amide bonds. The maximum Gasteiger partial charge on any atom is 0.325 e. The lowest BCUT2D eigenvalue weighted by Crippen LogP contribution is -2.43. The van der Waals surface area contributed by atoms with E-state index in [9.17, 15) is 9.59 Å². The van der Waals surface area contributed by atoms with E-state index in [0.717, 1.165) is 44.3 Å². The molecule has 0 unspecified atom stereocenters. The molecular formula is C13H21N3O3. The Kier molecular flexibility index (Phi) is 5.35. The number of hydrogen-bond donors (Lipinski definition) is 3. The molecule has 0 aromatic rings. The van der Waals surface area contributed by atoms with Crippen molar-refractivity contribution in [2.24, 2.45) is 5.92 Å². The molecule has 0 aliphatic carbocycles. The number of carbonyl (C=O) groups is 2. The molecule has 6 heteroatoms. The van der Waals surface area contributed by atoms with Gasteiger partial charge >= 0.3 is 6.03 Å². The first kappa shape index (κ1) is 14.0. The number of piperidine rings is 1. The highest BCUT2D eigenvalue weighted by atomic mass is 16.5. The lowest BCUT2D eigenvalue weighted by atomic mass is 9.97. The Bertz CT molecular complexity index is 354. The van der Waals surface area contributed by atoms with E-state index in [4.69, 9.17) is 4.74 Å². The van der Waals surface area contributed by atoms with Crippen molar-refractivity contribution in [3.63, 3.8) is 0 Å². The third kappa shape index (κ3) is 4.65. The summed E-state index contributed by atoms with van der Waals surface area (Å²) in [6.07, 6.45) is 4.94. The summed E-state index contributed by atoms with van der Waals surface area (Å²) in [7, 11) is 0. The molecule has 2 aliphatic heterocycles. The van der Waals surface area contributed by atoms with Crippen LogP contribution in [-0.2, 0) is 9.53 Å². The van der Waals surface area contributed by atoms with Crippen LogP contribution in [0.2, 0.25) is 0 Å². The molecule has 0 radical (unpaired) electrons. The van der Waals surface area contributed by atoms with Crippen molar-refractivity contribution in [2.75, 3.05) is 26.3 Å². The number of ether oxygens (including phenoxy) is 1. The van der Waals surface area contributed by atoms with Crippen LogP contribution in [0.1, 0.15) is 25.7 Å². The molecule has 2 rings (SSSR count). The molecule has 0 saturated carbocycles. The van der Waals surface area contributed by atoms with Crippen LogP contribution in [0.15, 0.2) is 11.8 Å². The molecule has 0 spiro atoms. The molecule has 19 heavy (non-hydrogen) atoms. The monoisotopic (exact) mass is 267 g/mol. The van der Waals surface area contributed by atoms with Crippen molar-refractivity contribution in [2.45, 2.75) is 25.7 Å². The summed E-state index contributed by atoms with van der Waals surface area (Å²) >= 11 is 0. The summed E-state index contributed by atoms with van der Waals surface area (Å²) in [5, 5.41) is 8.20. The van der Waals surface area contributed by atoms with Crippen LogP contribution in [0.3, 0.4) is 0 Å². The Hall–Kier alpha value is -1.40. The number of imide groups is 1. The van der Waals surface area contributed by atoms with Gasteiger partial charge in [0.15, 0.2) is 0 Å². The summed E-state index contributed by atoms with van der Waals surface area (Å²) < 4.78 is 5.22. The van der Waals surface area contributed by atoms with E-state index in [0.29, 0.717) is 13.2 Å². The molecular weight excluding hydrogens is 246 g/mol. The lowest BCUT2D eigenvalue weighted by molar-refractivity contribution is -0.124. The second kappa shape index (κ2) is 7.25. The topological polar surface area (TPSA) is 79.5 Å². The van der Waals surface area contributed by atoms with Crippen LogP contribution < -0.4 is 16.0 Å². The van der Waals surface area contributed by atoms with Crippen molar-refractivity contribution in [3.8, 4) is 0 Å². The van der Waals surface area contributed by atoms with Gasteiger partial charge in [-0.15, -0.1) is 0 Å². The van der Waals surface area contributed by atoms with Gasteiger partial charge in [0.25, 0.3) is 0 Å². The standard InChI is InChI=1S/C13H21N3O3/c17-12(11-1-5-14-6-2-11)16-13(18)15-9-10-3-7-19-8-4-10/h9,11,14H,1-8H2,(H2,15,16,17,18). The van der Waals surface area contributed by atoms with Gasteiger partial charge in [0.2, 0.25) is 5.91 Å². The first-order valence-electron chi connectivity index (χ1n) is 6.83. The molecule has 106 valence electrons. The van der Waals surface area contributed by atoms with Gasteiger partial charge in [-0.05, 0) is 44.3 Å². The highest BCUT2D eigenvalue weighted by molar-refractivity contribution is 5.95. The maximum absolute atomic E-state index is 11.8. The summed E-state index contributed by atoms with van der Waals surface area (Å²) in [6.45, 7) is 3.07.